The van der Waals surface area contributed by atoms with Crippen molar-refractivity contribution in [2.45, 2.75) is 13.0 Å². The van der Waals surface area contributed by atoms with Gasteiger partial charge in [-0.1, -0.05) is 6.07 Å². The Bertz CT molecular complexity index is 1110. The third kappa shape index (κ3) is 3.57. The predicted molar refractivity (Wildman–Crippen MR) is 108 cm³/mol. The molecule has 1 amide bonds. The monoisotopic (exact) mass is 412 g/mol. The molecule has 0 saturated carbocycles. The highest BCUT2D eigenvalue weighted by Gasteiger charge is 2.22. The molecule has 0 atom stereocenters. The van der Waals surface area contributed by atoms with Crippen LogP contribution in [0.3, 0.4) is 0 Å². The van der Waals surface area contributed by atoms with Crippen molar-refractivity contribution in [2.24, 2.45) is 5.92 Å². The van der Waals surface area contributed by atoms with Crippen molar-refractivity contribution in [3.8, 4) is 11.1 Å². The van der Waals surface area contributed by atoms with Gasteiger partial charge in [-0.2, -0.15) is 5.10 Å². The zero-order chi connectivity index (χ0) is 20.7. The molecule has 2 aliphatic rings. The Morgan fingerprint density at radius 3 is 2.77 bits per heavy atom. The van der Waals surface area contributed by atoms with Crippen molar-refractivity contribution in [3.05, 3.63) is 53.2 Å². The number of benzene rings is 2. The standard InChI is InChI=1S/C22H22F2N4O2/c23-18-7-13(10-28-4-1-5-28)6-16(20(18)24)15-2-3-19-17(8-15)21(27-26-19)22(29)25-9-14-11-30-12-14/h2-3,6-8,14H,1,4-5,9-12H2,(H,25,29)(H,26,27). The van der Waals surface area contributed by atoms with E-state index in [2.05, 4.69) is 20.4 Å². The highest BCUT2D eigenvalue weighted by Crippen LogP contribution is 2.30. The number of hydrogen-bond donors (Lipinski definition) is 2. The maximum absolute atomic E-state index is 14.6. The number of fused-ring (bicyclic) bond motifs is 1. The Morgan fingerprint density at radius 1 is 1.23 bits per heavy atom. The molecular weight excluding hydrogens is 390 g/mol. The molecule has 0 unspecified atom stereocenters. The Balaban J connectivity index is 1.46. The highest BCUT2D eigenvalue weighted by molar-refractivity contribution is 6.05. The first-order valence-corrected chi connectivity index (χ1v) is 10.1. The molecular formula is C22H22F2N4O2. The molecule has 156 valence electrons. The van der Waals surface area contributed by atoms with Gasteiger partial charge >= 0.3 is 0 Å². The molecule has 0 spiro atoms. The van der Waals surface area contributed by atoms with Crippen LogP contribution in [0.15, 0.2) is 30.3 Å². The van der Waals surface area contributed by atoms with E-state index in [-0.39, 0.29) is 17.2 Å². The van der Waals surface area contributed by atoms with Crippen LogP contribution in [-0.2, 0) is 11.3 Å². The Morgan fingerprint density at radius 2 is 2.07 bits per heavy atom. The summed E-state index contributed by atoms with van der Waals surface area (Å²) >= 11 is 0. The van der Waals surface area contributed by atoms with Crippen LogP contribution in [0.25, 0.3) is 22.0 Å². The van der Waals surface area contributed by atoms with E-state index in [0.717, 1.165) is 25.1 Å². The maximum atomic E-state index is 14.6. The largest absolute Gasteiger partial charge is 0.381 e. The van der Waals surface area contributed by atoms with Crippen molar-refractivity contribution in [3.63, 3.8) is 0 Å². The lowest BCUT2D eigenvalue weighted by Crippen LogP contribution is -2.39. The van der Waals surface area contributed by atoms with Crippen LogP contribution in [0.1, 0.15) is 22.5 Å². The minimum absolute atomic E-state index is 0.187. The minimum Gasteiger partial charge on any atom is -0.381 e. The molecule has 2 aliphatic heterocycles. The molecule has 2 fully saturated rings. The summed E-state index contributed by atoms with van der Waals surface area (Å²) in [5.74, 6) is -1.73. The fourth-order valence-corrected chi connectivity index (χ4v) is 3.82. The molecule has 1 aromatic heterocycles. The first-order valence-electron chi connectivity index (χ1n) is 10.1. The normalized spacial score (nSPS) is 17.0. The molecule has 8 heteroatoms. The van der Waals surface area contributed by atoms with Gasteiger partial charge in [-0.3, -0.25) is 14.8 Å². The quantitative estimate of drug-likeness (QED) is 0.653. The summed E-state index contributed by atoms with van der Waals surface area (Å²) < 4.78 is 34.0. The number of carbonyl (C=O) groups is 1. The second-order valence-electron chi connectivity index (χ2n) is 8.01. The lowest BCUT2D eigenvalue weighted by Gasteiger charge is -2.30. The number of aromatic amines is 1. The van der Waals surface area contributed by atoms with Gasteiger partial charge in [0.05, 0.1) is 18.7 Å². The summed E-state index contributed by atoms with van der Waals surface area (Å²) in [5.41, 5.74) is 2.33. The molecule has 0 radical (unpaired) electrons. The van der Waals surface area contributed by atoms with E-state index in [1.54, 1.807) is 24.3 Å². The van der Waals surface area contributed by atoms with Crippen molar-refractivity contribution >= 4 is 16.8 Å². The van der Waals surface area contributed by atoms with E-state index in [9.17, 15) is 13.6 Å². The summed E-state index contributed by atoms with van der Waals surface area (Å²) in [6.45, 7) is 4.35. The van der Waals surface area contributed by atoms with Crippen LogP contribution in [0, 0.1) is 17.6 Å². The van der Waals surface area contributed by atoms with E-state index < -0.39 is 11.6 Å². The molecule has 5 rings (SSSR count). The van der Waals surface area contributed by atoms with Crippen molar-refractivity contribution in [1.29, 1.82) is 0 Å². The van der Waals surface area contributed by atoms with Crippen LogP contribution in [0.5, 0.6) is 0 Å². The lowest BCUT2D eigenvalue weighted by molar-refractivity contribution is -0.0298. The fraction of sp³-hybridized carbons (Fsp3) is 0.364. The third-order valence-corrected chi connectivity index (χ3v) is 5.79. The van der Waals surface area contributed by atoms with Gasteiger partial charge in [-0.15, -0.1) is 0 Å². The van der Waals surface area contributed by atoms with Crippen LogP contribution in [-0.4, -0.2) is 53.9 Å². The maximum Gasteiger partial charge on any atom is 0.272 e. The van der Waals surface area contributed by atoms with Crippen LogP contribution in [0.4, 0.5) is 8.78 Å². The van der Waals surface area contributed by atoms with Gasteiger partial charge in [0.2, 0.25) is 0 Å². The summed E-state index contributed by atoms with van der Waals surface area (Å²) in [6.07, 6.45) is 1.13. The fourth-order valence-electron chi connectivity index (χ4n) is 3.82. The molecule has 0 bridgehead atoms. The average molecular weight is 412 g/mol. The number of rotatable bonds is 6. The number of halogens is 2. The summed E-state index contributed by atoms with van der Waals surface area (Å²) in [4.78, 5) is 14.8. The Kier molecular flexibility index (Phi) is 4.96. The number of amides is 1. The lowest BCUT2D eigenvalue weighted by atomic mass is 9.99. The van der Waals surface area contributed by atoms with Crippen molar-refractivity contribution < 1.29 is 18.3 Å². The summed E-state index contributed by atoms with van der Waals surface area (Å²) in [6, 6.07) is 8.07. The molecule has 2 aromatic carbocycles. The number of nitrogens with one attached hydrogen (secondary N) is 2. The SMILES string of the molecule is O=C(NCC1COC1)c1n[nH]c2ccc(-c3cc(CN4CCC4)cc(F)c3F)cc12. The number of likely N-dealkylation sites (tertiary alicyclic amines) is 1. The van der Waals surface area contributed by atoms with Crippen molar-refractivity contribution in [2.75, 3.05) is 32.8 Å². The van der Waals surface area contributed by atoms with E-state index >= 15 is 0 Å². The second kappa shape index (κ2) is 7.77. The molecule has 2 saturated heterocycles. The first kappa shape index (κ1) is 19.1. The second-order valence-corrected chi connectivity index (χ2v) is 8.01. The van der Waals surface area contributed by atoms with Gasteiger partial charge in [-0.25, -0.2) is 8.78 Å². The van der Waals surface area contributed by atoms with Crippen LogP contribution < -0.4 is 5.32 Å². The highest BCUT2D eigenvalue weighted by atomic mass is 19.2. The average Bonchev–Trinajstić information content (AvgIpc) is 3.09. The third-order valence-electron chi connectivity index (χ3n) is 5.79. The zero-order valence-electron chi connectivity index (χ0n) is 16.4. The Hall–Kier alpha value is -2.84. The molecule has 2 N–H and O–H groups in total. The number of ether oxygens (including phenoxy) is 1. The molecule has 3 aromatic rings. The predicted octanol–water partition coefficient (Wildman–Crippen LogP) is 3.09. The summed E-state index contributed by atoms with van der Waals surface area (Å²) in [7, 11) is 0. The number of H-pyrrole nitrogens is 1. The summed E-state index contributed by atoms with van der Waals surface area (Å²) in [5, 5.41) is 10.4. The number of aromatic nitrogens is 2. The van der Waals surface area contributed by atoms with Gasteiger partial charge in [0.1, 0.15) is 0 Å². The minimum atomic E-state index is -0.888. The van der Waals surface area contributed by atoms with Gasteiger partial charge in [-0.05, 0) is 54.9 Å². The molecule has 0 aliphatic carbocycles. The van der Waals surface area contributed by atoms with Crippen LogP contribution in [0.2, 0.25) is 0 Å². The number of carbonyl (C=O) groups excluding carboxylic acids is 1. The van der Waals surface area contributed by atoms with Gasteiger partial charge in [0, 0.05) is 30.0 Å². The van der Waals surface area contributed by atoms with Crippen molar-refractivity contribution in [1.82, 2.24) is 20.4 Å². The van der Waals surface area contributed by atoms with Gasteiger partial charge < -0.3 is 10.1 Å². The van der Waals surface area contributed by atoms with Gasteiger partial charge in [0.15, 0.2) is 17.3 Å². The smallest absolute Gasteiger partial charge is 0.272 e. The first-order chi connectivity index (χ1) is 14.6. The molecule has 30 heavy (non-hydrogen) atoms. The number of nitrogens with zero attached hydrogens (tertiary/aromatic N) is 2. The van der Waals surface area contributed by atoms with E-state index in [1.165, 1.54) is 6.07 Å². The Labute approximate surface area is 172 Å². The topological polar surface area (TPSA) is 70.2 Å². The number of hydrogen-bond acceptors (Lipinski definition) is 4. The zero-order valence-corrected chi connectivity index (χ0v) is 16.4. The van der Waals surface area contributed by atoms with E-state index in [0.29, 0.717) is 48.7 Å². The molecule has 3 heterocycles. The van der Waals surface area contributed by atoms with E-state index in [4.69, 9.17) is 4.74 Å². The van der Waals surface area contributed by atoms with Crippen LogP contribution >= 0.6 is 0 Å². The molecule has 6 nitrogen and oxygen atoms in total. The van der Waals surface area contributed by atoms with E-state index in [1.807, 2.05) is 0 Å². The van der Waals surface area contributed by atoms with Gasteiger partial charge in [0.25, 0.3) is 5.91 Å².